The molecule has 0 saturated heterocycles. The maximum absolute atomic E-state index is 13.8. The first-order chi connectivity index (χ1) is 21.5. The second kappa shape index (κ2) is 13.4. The van der Waals surface area contributed by atoms with Crippen LogP contribution >= 0.6 is 23.2 Å². The van der Waals surface area contributed by atoms with Crippen molar-refractivity contribution in [1.29, 1.82) is 0 Å². The molecule has 2 heterocycles. The van der Waals surface area contributed by atoms with Crippen molar-refractivity contribution in [3.8, 4) is 16.9 Å². The van der Waals surface area contributed by atoms with Gasteiger partial charge in [-0.05, 0) is 93.1 Å². The number of hydrogen-bond acceptors (Lipinski definition) is 5. The van der Waals surface area contributed by atoms with Crippen LogP contribution in [0.4, 0.5) is 0 Å². The van der Waals surface area contributed by atoms with E-state index in [1.807, 2.05) is 63.7 Å². The molecule has 0 aliphatic heterocycles. The summed E-state index contributed by atoms with van der Waals surface area (Å²) in [5, 5.41) is 9.87. The molecule has 5 rings (SSSR count). The molecule has 0 saturated carbocycles. The minimum Gasteiger partial charge on any atom is -0.494 e. The van der Waals surface area contributed by atoms with Crippen LogP contribution in [0, 0.1) is 27.7 Å². The molecule has 2 aromatic heterocycles. The third-order valence-electron chi connectivity index (χ3n) is 8.10. The van der Waals surface area contributed by atoms with Gasteiger partial charge >= 0.3 is 5.97 Å². The maximum Gasteiger partial charge on any atom is 0.337 e. The van der Waals surface area contributed by atoms with Crippen LogP contribution in [0.5, 0.6) is 5.75 Å². The Bertz CT molecular complexity index is 1880. The number of carbonyl (C=O) groups excluding carboxylic acids is 2. The Balaban J connectivity index is 1.46. The lowest BCUT2D eigenvalue weighted by Gasteiger charge is -2.11. The molecular weight excluding hydrogens is 611 g/mol. The number of halogens is 2. The van der Waals surface area contributed by atoms with Gasteiger partial charge in [-0.2, -0.15) is 5.10 Å². The smallest absolute Gasteiger partial charge is 0.337 e. The van der Waals surface area contributed by atoms with Gasteiger partial charge in [0.2, 0.25) is 0 Å². The molecular formula is C35H36Cl2N4O4. The number of carbonyl (C=O) groups is 2. The van der Waals surface area contributed by atoms with Crippen molar-refractivity contribution in [2.24, 2.45) is 7.05 Å². The van der Waals surface area contributed by atoms with E-state index in [2.05, 4.69) is 15.4 Å². The van der Waals surface area contributed by atoms with Crippen molar-refractivity contribution >= 4 is 46.0 Å². The maximum atomic E-state index is 13.8. The summed E-state index contributed by atoms with van der Waals surface area (Å²) in [6.45, 7) is 8.62. The number of rotatable bonds is 10. The second-order valence-electron chi connectivity index (χ2n) is 11.2. The molecule has 8 nitrogen and oxygen atoms in total. The molecule has 0 spiro atoms. The molecule has 0 bridgehead atoms. The Morgan fingerprint density at radius 2 is 1.67 bits per heavy atom. The highest BCUT2D eigenvalue weighted by Gasteiger charge is 2.24. The number of aromatic amines is 1. The Hall–Kier alpha value is -4.27. The fourth-order valence-corrected chi connectivity index (χ4v) is 6.06. The Morgan fingerprint density at radius 1 is 0.978 bits per heavy atom. The van der Waals surface area contributed by atoms with Gasteiger partial charge in [-0.15, -0.1) is 0 Å². The molecule has 2 N–H and O–H groups in total. The van der Waals surface area contributed by atoms with Crippen molar-refractivity contribution in [3.63, 3.8) is 0 Å². The fourth-order valence-electron chi connectivity index (χ4n) is 5.70. The number of H-pyrrole nitrogens is 1. The summed E-state index contributed by atoms with van der Waals surface area (Å²) in [5.41, 5.74) is 8.95. The van der Waals surface area contributed by atoms with Gasteiger partial charge in [-0.25, -0.2) is 4.79 Å². The van der Waals surface area contributed by atoms with Crippen molar-refractivity contribution in [2.75, 3.05) is 13.7 Å². The SMILES string of the molecule is COC(=O)c1ccc(CNC(=O)c2[nH]c3c(-c4c(C)nn(C)c4C)c(Cl)ccc3c2CCCOc2cc(C)c(Cl)c(C)c2)cc1. The quantitative estimate of drug-likeness (QED) is 0.119. The summed E-state index contributed by atoms with van der Waals surface area (Å²) in [6, 6.07) is 14.7. The molecule has 1 amide bonds. The van der Waals surface area contributed by atoms with Crippen LogP contribution in [0.1, 0.15) is 60.9 Å². The zero-order valence-electron chi connectivity index (χ0n) is 26.2. The lowest BCUT2D eigenvalue weighted by molar-refractivity contribution is 0.0600. The van der Waals surface area contributed by atoms with E-state index in [1.165, 1.54) is 7.11 Å². The number of nitrogens with one attached hydrogen (secondary N) is 2. The predicted molar refractivity (Wildman–Crippen MR) is 179 cm³/mol. The Kier molecular flexibility index (Phi) is 9.56. The van der Waals surface area contributed by atoms with Crippen LogP contribution in [0.3, 0.4) is 0 Å². The number of amides is 1. The highest BCUT2D eigenvalue weighted by Crippen LogP contribution is 2.40. The van der Waals surface area contributed by atoms with Crippen LogP contribution in [0.25, 0.3) is 22.0 Å². The van der Waals surface area contributed by atoms with Gasteiger partial charge in [-0.1, -0.05) is 41.4 Å². The van der Waals surface area contributed by atoms with Gasteiger partial charge in [-0.3, -0.25) is 9.48 Å². The number of fused-ring (bicyclic) bond motifs is 1. The van der Waals surface area contributed by atoms with Crippen LogP contribution < -0.4 is 10.1 Å². The Morgan fingerprint density at radius 3 is 2.29 bits per heavy atom. The first-order valence-electron chi connectivity index (χ1n) is 14.7. The van der Waals surface area contributed by atoms with E-state index in [0.717, 1.165) is 66.4 Å². The van der Waals surface area contributed by atoms with Gasteiger partial charge < -0.3 is 19.8 Å². The second-order valence-corrected chi connectivity index (χ2v) is 12.0. The van der Waals surface area contributed by atoms with Gasteiger partial charge in [0.05, 0.1) is 35.5 Å². The number of aryl methyl sites for hydroxylation is 5. The molecule has 0 fully saturated rings. The van der Waals surface area contributed by atoms with Gasteiger partial charge in [0, 0.05) is 40.8 Å². The molecule has 3 aromatic carbocycles. The van der Waals surface area contributed by atoms with E-state index in [-0.39, 0.29) is 12.5 Å². The highest BCUT2D eigenvalue weighted by molar-refractivity contribution is 6.35. The molecule has 234 valence electrons. The average molecular weight is 648 g/mol. The molecule has 45 heavy (non-hydrogen) atoms. The van der Waals surface area contributed by atoms with Crippen molar-refractivity contribution < 1.29 is 19.1 Å². The molecule has 5 aromatic rings. The molecule has 0 atom stereocenters. The number of methoxy groups -OCH3 is 1. The molecule has 10 heteroatoms. The van der Waals surface area contributed by atoms with E-state index in [4.69, 9.17) is 32.7 Å². The number of aromatic nitrogens is 3. The summed E-state index contributed by atoms with van der Waals surface area (Å²) >= 11 is 13.2. The molecule has 0 aliphatic carbocycles. The van der Waals surface area contributed by atoms with Gasteiger partial charge in [0.25, 0.3) is 5.91 Å². The lowest BCUT2D eigenvalue weighted by atomic mass is 9.98. The number of nitrogens with zero attached hydrogens (tertiary/aromatic N) is 2. The van der Waals surface area contributed by atoms with Crippen molar-refractivity contribution in [2.45, 2.75) is 47.1 Å². The van der Waals surface area contributed by atoms with E-state index in [0.29, 0.717) is 35.7 Å². The molecule has 0 unspecified atom stereocenters. The first-order valence-corrected chi connectivity index (χ1v) is 15.4. The van der Waals surface area contributed by atoms with E-state index >= 15 is 0 Å². The highest BCUT2D eigenvalue weighted by atomic mass is 35.5. The average Bonchev–Trinajstić information content (AvgIpc) is 3.51. The first kappa shape index (κ1) is 32.1. The number of esters is 1. The minimum absolute atomic E-state index is 0.246. The third kappa shape index (κ3) is 6.58. The van der Waals surface area contributed by atoms with Crippen LogP contribution in [-0.4, -0.2) is 40.4 Å². The molecule has 0 aliphatic rings. The van der Waals surface area contributed by atoms with Gasteiger partial charge in [0.15, 0.2) is 0 Å². The van der Waals surface area contributed by atoms with Crippen LogP contribution in [0.2, 0.25) is 10.0 Å². The number of benzene rings is 3. The van der Waals surface area contributed by atoms with Gasteiger partial charge in [0.1, 0.15) is 11.4 Å². The van der Waals surface area contributed by atoms with E-state index in [1.54, 1.807) is 24.3 Å². The zero-order valence-corrected chi connectivity index (χ0v) is 27.7. The predicted octanol–water partition coefficient (Wildman–Crippen LogP) is 7.84. The lowest BCUT2D eigenvalue weighted by Crippen LogP contribution is -2.24. The standard InChI is InChI=1S/C35H36Cl2N4O4/c1-19-16-25(17-20(2)31(19)37)45-15-7-8-26-27-13-14-28(36)30(29-21(3)40-41(5)22(29)4)32(27)39-33(26)34(42)38-18-23-9-11-24(12-10-23)35(43)44-6/h9-14,16-17,39H,7-8,15,18H2,1-6H3,(H,38,42). The summed E-state index contributed by atoms with van der Waals surface area (Å²) in [5.74, 6) is 0.109. The van der Waals surface area contributed by atoms with Crippen LogP contribution in [0.15, 0.2) is 48.5 Å². The summed E-state index contributed by atoms with van der Waals surface area (Å²) in [6.07, 6.45) is 1.26. The fraction of sp³-hybridized carbons (Fsp3) is 0.286. The number of hydrogen-bond donors (Lipinski definition) is 2. The van der Waals surface area contributed by atoms with E-state index < -0.39 is 5.97 Å². The Labute approximate surface area is 272 Å². The minimum atomic E-state index is -0.410. The topological polar surface area (TPSA) is 98.2 Å². The van der Waals surface area contributed by atoms with Crippen LogP contribution in [-0.2, 0) is 24.8 Å². The van der Waals surface area contributed by atoms with Crippen molar-refractivity contribution in [1.82, 2.24) is 20.1 Å². The normalized spacial score (nSPS) is 11.2. The number of ether oxygens (including phenoxy) is 2. The summed E-state index contributed by atoms with van der Waals surface area (Å²) in [4.78, 5) is 29.0. The third-order valence-corrected chi connectivity index (χ3v) is 9.01. The largest absolute Gasteiger partial charge is 0.494 e. The van der Waals surface area contributed by atoms with E-state index in [9.17, 15) is 9.59 Å². The summed E-state index contributed by atoms with van der Waals surface area (Å²) < 4.78 is 12.7. The zero-order chi connectivity index (χ0) is 32.4. The summed E-state index contributed by atoms with van der Waals surface area (Å²) in [7, 11) is 3.25. The monoisotopic (exact) mass is 646 g/mol. The molecule has 0 radical (unpaired) electrons. The van der Waals surface area contributed by atoms with Crippen molar-refractivity contribution in [3.05, 3.63) is 103 Å².